The molecule has 2 saturated carbocycles. The first-order valence-electron chi connectivity index (χ1n) is 7.85. The summed E-state index contributed by atoms with van der Waals surface area (Å²) in [5.74, 6) is 2.30. The molecule has 0 saturated heterocycles. The Hall–Kier alpha value is -0.600. The van der Waals surface area contributed by atoms with Crippen LogP contribution in [-0.4, -0.2) is 12.6 Å². The van der Waals surface area contributed by atoms with Crippen molar-refractivity contribution >= 4 is 11.6 Å². The highest BCUT2D eigenvalue weighted by molar-refractivity contribution is 6.31. The quantitative estimate of drug-likeness (QED) is 0.847. The smallest absolute Gasteiger partial charge is 0.127 e. The van der Waals surface area contributed by atoms with Crippen molar-refractivity contribution in [3.8, 4) is 0 Å². The second-order valence-corrected chi connectivity index (χ2v) is 6.81. The topological polar surface area (TPSA) is 12.0 Å². The van der Waals surface area contributed by atoms with E-state index in [1.54, 1.807) is 12.1 Å². The van der Waals surface area contributed by atoms with E-state index in [9.17, 15) is 4.39 Å². The van der Waals surface area contributed by atoms with Crippen LogP contribution in [0.1, 0.15) is 38.2 Å². The van der Waals surface area contributed by atoms with Crippen LogP contribution in [0.15, 0.2) is 18.2 Å². The molecule has 0 spiro atoms. The molecule has 20 heavy (non-hydrogen) atoms. The van der Waals surface area contributed by atoms with E-state index >= 15 is 0 Å². The first kappa shape index (κ1) is 14.3. The Morgan fingerprint density at radius 2 is 2.20 bits per heavy atom. The molecule has 0 aliphatic heterocycles. The lowest BCUT2D eigenvalue weighted by Crippen LogP contribution is -2.40. The minimum Gasteiger partial charge on any atom is -0.314 e. The van der Waals surface area contributed by atoms with Crippen LogP contribution in [0.4, 0.5) is 4.39 Å². The van der Waals surface area contributed by atoms with Gasteiger partial charge in [-0.15, -0.1) is 0 Å². The predicted molar refractivity (Wildman–Crippen MR) is 81.5 cm³/mol. The molecular weight excluding hydrogens is 273 g/mol. The lowest BCUT2D eigenvalue weighted by atomic mass is 9.81. The Morgan fingerprint density at radius 3 is 2.80 bits per heavy atom. The fraction of sp³-hybridized carbons (Fsp3) is 0.647. The van der Waals surface area contributed by atoms with E-state index in [-0.39, 0.29) is 5.82 Å². The average Bonchev–Trinajstić information content (AvgIpc) is 3.04. The van der Waals surface area contributed by atoms with Gasteiger partial charge in [0.1, 0.15) is 5.82 Å². The summed E-state index contributed by atoms with van der Waals surface area (Å²) in [4.78, 5) is 0. The van der Waals surface area contributed by atoms with E-state index in [0.29, 0.717) is 29.0 Å². The summed E-state index contributed by atoms with van der Waals surface area (Å²) in [6, 6.07) is 5.36. The van der Waals surface area contributed by atoms with Gasteiger partial charge in [0.05, 0.1) is 0 Å². The Kier molecular flexibility index (Phi) is 4.32. The number of hydrogen-bond donors (Lipinski definition) is 1. The second-order valence-electron chi connectivity index (χ2n) is 6.41. The molecule has 4 atom stereocenters. The number of halogens is 2. The third-order valence-electron chi connectivity index (χ3n) is 5.26. The van der Waals surface area contributed by atoms with Gasteiger partial charge in [-0.25, -0.2) is 4.39 Å². The maximum Gasteiger partial charge on any atom is 0.127 e. The van der Waals surface area contributed by atoms with Gasteiger partial charge in [-0.05, 0) is 62.1 Å². The molecule has 0 amide bonds. The van der Waals surface area contributed by atoms with Gasteiger partial charge in [0.15, 0.2) is 0 Å². The summed E-state index contributed by atoms with van der Waals surface area (Å²) >= 11 is 6.19. The first-order chi connectivity index (χ1) is 9.69. The molecule has 1 aromatic carbocycles. The van der Waals surface area contributed by atoms with Gasteiger partial charge in [0.2, 0.25) is 0 Å². The molecule has 2 fully saturated rings. The van der Waals surface area contributed by atoms with Gasteiger partial charge < -0.3 is 5.32 Å². The SMILES string of the molecule is CCNC(Cc1c(F)cccc1Cl)C1CC2CCC1C2. The normalized spacial score (nSPS) is 29.9. The third-order valence-corrected chi connectivity index (χ3v) is 5.62. The zero-order chi connectivity index (χ0) is 14.1. The van der Waals surface area contributed by atoms with Gasteiger partial charge >= 0.3 is 0 Å². The molecule has 0 heterocycles. The summed E-state index contributed by atoms with van der Waals surface area (Å²) in [6.07, 6.45) is 6.18. The minimum absolute atomic E-state index is 0.163. The predicted octanol–water partition coefficient (Wildman–Crippen LogP) is 4.44. The third kappa shape index (κ3) is 2.73. The van der Waals surface area contributed by atoms with E-state index < -0.39 is 0 Å². The fourth-order valence-electron chi connectivity index (χ4n) is 4.37. The molecule has 2 bridgehead atoms. The summed E-state index contributed by atoms with van der Waals surface area (Å²) in [5.41, 5.74) is 0.683. The largest absolute Gasteiger partial charge is 0.314 e. The summed E-state index contributed by atoms with van der Waals surface area (Å²) < 4.78 is 14.0. The minimum atomic E-state index is -0.163. The maximum absolute atomic E-state index is 14.0. The van der Waals surface area contributed by atoms with Crippen molar-refractivity contribution in [3.63, 3.8) is 0 Å². The molecule has 0 radical (unpaired) electrons. The molecular formula is C17H23ClFN. The van der Waals surface area contributed by atoms with Gasteiger partial charge in [0, 0.05) is 16.6 Å². The van der Waals surface area contributed by atoms with Gasteiger partial charge in [-0.2, -0.15) is 0 Å². The maximum atomic E-state index is 14.0. The van der Waals surface area contributed by atoms with Crippen LogP contribution in [0.5, 0.6) is 0 Å². The zero-order valence-electron chi connectivity index (χ0n) is 12.0. The molecule has 1 nitrogen and oxygen atoms in total. The Morgan fingerprint density at radius 1 is 1.35 bits per heavy atom. The van der Waals surface area contributed by atoms with Crippen molar-refractivity contribution in [1.82, 2.24) is 5.32 Å². The van der Waals surface area contributed by atoms with Gasteiger partial charge in [-0.3, -0.25) is 0 Å². The molecule has 110 valence electrons. The molecule has 2 aliphatic carbocycles. The lowest BCUT2D eigenvalue weighted by Gasteiger charge is -2.31. The average molecular weight is 296 g/mol. The van der Waals surface area contributed by atoms with Crippen molar-refractivity contribution < 1.29 is 4.39 Å². The van der Waals surface area contributed by atoms with Crippen molar-refractivity contribution in [2.75, 3.05) is 6.54 Å². The van der Waals surface area contributed by atoms with E-state index in [0.717, 1.165) is 18.4 Å². The van der Waals surface area contributed by atoms with Gasteiger partial charge in [-0.1, -0.05) is 31.0 Å². The van der Waals surface area contributed by atoms with E-state index in [1.165, 1.54) is 31.7 Å². The molecule has 3 heteroatoms. The highest BCUT2D eigenvalue weighted by Gasteiger charge is 2.42. The number of likely N-dealkylation sites (N-methyl/N-ethyl adjacent to an activating group) is 1. The standard InChI is InChI=1S/C17H23ClFN/c1-2-20-17(13-9-11-6-7-12(13)8-11)10-14-15(18)4-3-5-16(14)19/h3-5,11-13,17,20H,2,6-10H2,1H3. The van der Waals surface area contributed by atoms with Gasteiger partial charge in [0.25, 0.3) is 0 Å². The fourth-order valence-corrected chi connectivity index (χ4v) is 4.61. The molecule has 2 aliphatic rings. The van der Waals surface area contributed by atoms with Crippen LogP contribution in [0.2, 0.25) is 5.02 Å². The van der Waals surface area contributed by atoms with Crippen LogP contribution in [0.3, 0.4) is 0 Å². The Bertz CT molecular complexity index is 456. The van der Waals surface area contributed by atoms with Crippen LogP contribution in [-0.2, 0) is 6.42 Å². The molecule has 0 aromatic heterocycles. The Labute approximate surface area is 125 Å². The number of hydrogen-bond acceptors (Lipinski definition) is 1. The number of nitrogens with one attached hydrogen (secondary N) is 1. The second kappa shape index (κ2) is 6.03. The number of fused-ring (bicyclic) bond motifs is 2. The number of benzene rings is 1. The Balaban J connectivity index is 1.77. The van der Waals surface area contributed by atoms with Crippen molar-refractivity contribution in [3.05, 3.63) is 34.6 Å². The molecule has 1 aromatic rings. The highest BCUT2D eigenvalue weighted by Crippen LogP contribution is 2.50. The van der Waals surface area contributed by atoms with Crippen LogP contribution in [0.25, 0.3) is 0 Å². The molecule has 1 N–H and O–H groups in total. The summed E-state index contributed by atoms with van der Waals surface area (Å²) in [7, 11) is 0. The first-order valence-corrected chi connectivity index (χ1v) is 8.23. The van der Waals surface area contributed by atoms with E-state index in [1.807, 2.05) is 0 Å². The highest BCUT2D eigenvalue weighted by atomic mass is 35.5. The number of rotatable bonds is 5. The molecule has 4 unspecified atom stereocenters. The van der Waals surface area contributed by atoms with Crippen molar-refractivity contribution in [1.29, 1.82) is 0 Å². The van der Waals surface area contributed by atoms with E-state index in [4.69, 9.17) is 11.6 Å². The van der Waals surface area contributed by atoms with Crippen LogP contribution < -0.4 is 5.32 Å². The summed E-state index contributed by atoms with van der Waals surface area (Å²) in [6.45, 7) is 3.06. The van der Waals surface area contributed by atoms with Crippen molar-refractivity contribution in [2.24, 2.45) is 17.8 Å². The van der Waals surface area contributed by atoms with Crippen LogP contribution >= 0.6 is 11.6 Å². The molecule has 3 rings (SSSR count). The summed E-state index contributed by atoms with van der Waals surface area (Å²) in [5, 5.41) is 4.15. The van der Waals surface area contributed by atoms with E-state index in [2.05, 4.69) is 12.2 Å². The van der Waals surface area contributed by atoms with Crippen molar-refractivity contribution in [2.45, 2.75) is 45.1 Å². The van der Waals surface area contributed by atoms with Crippen LogP contribution in [0, 0.1) is 23.6 Å². The monoisotopic (exact) mass is 295 g/mol. The lowest BCUT2D eigenvalue weighted by molar-refractivity contribution is 0.248. The zero-order valence-corrected chi connectivity index (χ0v) is 12.8.